The Kier molecular flexibility index (Phi) is 7.11. The van der Waals surface area contributed by atoms with Gasteiger partial charge in [-0.15, -0.1) is 0 Å². The molecule has 1 aliphatic heterocycles. The number of ether oxygens (including phenoxy) is 5. The van der Waals surface area contributed by atoms with Crippen LogP contribution in [0.1, 0.15) is 27.7 Å². The molecule has 136 valence electrons. The molecule has 10 heteroatoms. The summed E-state index contributed by atoms with van der Waals surface area (Å²) in [6, 6.07) is 0. The van der Waals surface area contributed by atoms with Crippen LogP contribution in [0.5, 0.6) is 0 Å². The average molecular weight is 347 g/mol. The lowest BCUT2D eigenvalue weighted by Gasteiger charge is -2.43. The Morgan fingerprint density at radius 2 is 1.25 bits per heavy atom. The maximum Gasteiger partial charge on any atom is 0.303 e. The van der Waals surface area contributed by atoms with Crippen molar-refractivity contribution in [3.05, 3.63) is 0 Å². The Hall–Kier alpha value is -2.20. The van der Waals surface area contributed by atoms with E-state index in [1.54, 1.807) is 0 Å². The third-order valence-electron chi connectivity index (χ3n) is 3.03. The smallest absolute Gasteiger partial charge is 0.303 e. The molecule has 1 saturated heterocycles. The molecular weight excluding hydrogens is 326 g/mol. The second-order valence-corrected chi connectivity index (χ2v) is 5.16. The summed E-state index contributed by atoms with van der Waals surface area (Å²) in [7, 11) is 0. The molecule has 1 rings (SSSR count). The summed E-state index contributed by atoms with van der Waals surface area (Å²) in [6.45, 7) is 4.32. The lowest BCUT2D eigenvalue weighted by atomic mass is 9.97. The molecule has 1 heterocycles. The monoisotopic (exact) mass is 347 g/mol. The molecule has 0 aromatic heterocycles. The van der Waals surface area contributed by atoms with Crippen molar-refractivity contribution in [2.75, 3.05) is 6.61 Å². The van der Waals surface area contributed by atoms with E-state index >= 15 is 0 Å². The van der Waals surface area contributed by atoms with Gasteiger partial charge >= 0.3 is 23.9 Å². The summed E-state index contributed by atoms with van der Waals surface area (Å²) in [6.07, 6.45) is -5.74. The highest BCUT2D eigenvalue weighted by atomic mass is 16.7. The van der Waals surface area contributed by atoms with Crippen LogP contribution in [0.4, 0.5) is 0 Å². The van der Waals surface area contributed by atoms with Crippen LogP contribution in [0.2, 0.25) is 0 Å². The van der Waals surface area contributed by atoms with Crippen LogP contribution in [0.3, 0.4) is 0 Å². The number of esters is 4. The maximum atomic E-state index is 11.4. The van der Waals surface area contributed by atoms with Crippen LogP contribution >= 0.6 is 0 Å². The number of carbonyl (C=O) groups excluding carboxylic acids is 4. The van der Waals surface area contributed by atoms with Gasteiger partial charge in [-0.25, -0.2) is 0 Å². The van der Waals surface area contributed by atoms with Crippen molar-refractivity contribution in [3.8, 4) is 0 Å². The molecule has 0 saturated carbocycles. The normalized spacial score (nSPS) is 29.3. The first-order valence-electron chi connectivity index (χ1n) is 7.18. The summed E-state index contributed by atoms with van der Waals surface area (Å²) < 4.78 is 25.6. The highest BCUT2D eigenvalue weighted by molar-refractivity contribution is 5.68. The van der Waals surface area contributed by atoms with E-state index in [0.717, 1.165) is 20.8 Å². The minimum absolute atomic E-state index is 0.286. The van der Waals surface area contributed by atoms with Gasteiger partial charge in [0.15, 0.2) is 18.3 Å². The zero-order valence-corrected chi connectivity index (χ0v) is 13.8. The number of hydrogen-bond acceptors (Lipinski definition) is 10. The Morgan fingerprint density at radius 3 is 1.71 bits per heavy atom. The predicted octanol–water partition coefficient (Wildman–Crippen LogP) is -0.972. The van der Waals surface area contributed by atoms with Gasteiger partial charge in [0.05, 0.1) is 0 Å². The van der Waals surface area contributed by atoms with Gasteiger partial charge in [-0.1, -0.05) is 0 Å². The molecule has 0 radical (unpaired) electrons. The minimum atomic E-state index is -1.21. The Labute approximate surface area is 138 Å². The van der Waals surface area contributed by atoms with Crippen molar-refractivity contribution in [2.45, 2.75) is 58.3 Å². The quantitative estimate of drug-likeness (QED) is 0.487. The van der Waals surface area contributed by atoms with Gasteiger partial charge in [-0.3, -0.25) is 19.2 Å². The number of rotatable bonds is 5. The van der Waals surface area contributed by atoms with E-state index < -0.39 is 54.5 Å². The molecule has 0 bridgehead atoms. The summed E-state index contributed by atoms with van der Waals surface area (Å²) >= 11 is 0. The van der Waals surface area contributed by atoms with Crippen molar-refractivity contribution in [1.82, 2.24) is 0 Å². The van der Waals surface area contributed by atoms with Crippen molar-refractivity contribution in [2.24, 2.45) is 5.73 Å². The molecule has 10 nitrogen and oxygen atoms in total. The van der Waals surface area contributed by atoms with Gasteiger partial charge in [-0.2, -0.15) is 0 Å². The Balaban J connectivity index is 3.11. The SMILES string of the molecule is CC(=O)OC[C@@H]1O[C@H](N)[C@@H](OC(C)=O)[C@H](OC(C)=O)[C@@H]1OC(C)=O. The molecule has 0 unspecified atom stereocenters. The van der Waals surface area contributed by atoms with E-state index in [1.807, 2.05) is 0 Å². The summed E-state index contributed by atoms with van der Waals surface area (Å²) in [5, 5.41) is 0. The van der Waals surface area contributed by atoms with Crippen LogP contribution < -0.4 is 5.73 Å². The van der Waals surface area contributed by atoms with Crippen molar-refractivity contribution >= 4 is 23.9 Å². The highest BCUT2D eigenvalue weighted by Crippen LogP contribution is 2.27. The van der Waals surface area contributed by atoms with Crippen LogP contribution in [0, 0.1) is 0 Å². The molecule has 1 fully saturated rings. The topological polar surface area (TPSA) is 140 Å². The lowest BCUT2D eigenvalue weighted by Crippen LogP contribution is -2.64. The molecule has 0 amide bonds. The lowest BCUT2D eigenvalue weighted by molar-refractivity contribution is -0.251. The number of nitrogens with two attached hydrogens (primary N) is 1. The number of carbonyl (C=O) groups is 4. The first kappa shape index (κ1) is 19.8. The van der Waals surface area contributed by atoms with E-state index in [2.05, 4.69) is 0 Å². The van der Waals surface area contributed by atoms with Gasteiger partial charge in [0.25, 0.3) is 0 Å². The predicted molar refractivity (Wildman–Crippen MR) is 76.1 cm³/mol. The Morgan fingerprint density at radius 1 is 0.792 bits per heavy atom. The zero-order chi connectivity index (χ0) is 18.4. The van der Waals surface area contributed by atoms with E-state index in [4.69, 9.17) is 29.4 Å². The fourth-order valence-corrected chi connectivity index (χ4v) is 2.26. The third-order valence-corrected chi connectivity index (χ3v) is 3.03. The molecular formula is C14H21NO9. The molecule has 0 aromatic rings. The van der Waals surface area contributed by atoms with E-state index in [1.165, 1.54) is 6.92 Å². The highest BCUT2D eigenvalue weighted by Gasteiger charge is 2.51. The van der Waals surface area contributed by atoms with Gasteiger partial charge in [0.2, 0.25) is 0 Å². The molecule has 24 heavy (non-hydrogen) atoms. The Bertz CT molecular complexity index is 506. The zero-order valence-electron chi connectivity index (χ0n) is 13.8. The van der Waals surface area contributed by atoms with Gasteiger partial charge in [-0.05, 0) is 0 Å². The largest absolute Gasteiger partial charge is 0.463 e. The summed E-state index contributed by atoms with van der Waals surface area (Å²) in [4.78, 5) is 45.0. The number of hydrogen-bond donors (Lipinski definition) is 1. The van der Waals surface area contributed by atoms with Gasteiger partial charge < -0.3 is 29.4 Å². The molecule has 1 aliphatic rings. The van der Waals surface area contributed by atoms with Crippen LogP contribution in [-0.2, 0) is 42.9 Å². The second-order valence-electron chi connectivity index (χ2n) is 5.16. The average Bonchev–Trinajstić information content (AvgIpc) is 2.42. The molecule has 0 spiro atoms. The molecule has 0 aromatic carbocycles. The van der Waals surface area contributed by atoms with Crippen molar-refractivity contribution in [1.29, 1.82) is 0 Å². The fraction of sp³-hybridized carbons (Fsp3) is 0.714. The third kappa shape index (κ3) is 5.78. The van der Waals surface area contributed by atoms with Crippen molar-refractivity contribution in [3.63, 3.8) is 0 Å². The minimum Gasteiger partial charge on any atom is -0.463 e. The summed E-state index contributed by atoms with van der Waals surface area (Å²) in [5.74, 6) is -2.66. The van der Waals surface area contributed by atoms with Crippen LogP contribution in [0.25, 0.3) is 0 Å². The molecule has 0 aliphatic carbocycles. The van der Waals surface area contributed by atoms with Crippen molar-refractivity contribution < 1.29 is 42.9 Å². The first-order valence-corrected chi connectivity index (χ1v) is 7.18. The van der Waals surface area contributed by atoms with Crippen LogP contribution in [0.15, 0.2) is 0 Å². The summed E-state index contributed by atoms with van der Waals surface area (Å²) in [5.41, 5.74) is 5.81. The van der Waals surface area contributed by atoms with Gasteiger partial charge in [0, 0.05) is 27.7 Å². The van der Waals surface area contributed by atoms with Gasteiger partial charge in [0.1, 0.15) is 18.9 Å². The molecule has 2 N–H and O–H groups in total. The first-order chi connectivity index (χ1) is 11.1. The maximum absolute atomic E-state index is 11.4. The second kappa shape index (κ2) is 8.60. The van der Waals surface area contributed by atoms with E-state index in [0.29, 0.717) is 0 Å². The molecule has 5 atom stereocenters. The van der Waals surface area contributed by atoms with E-state index in [-0.39, 0.29) is 6.61 Å². The van der Waals surface area contributed by atoms with Crippen LogP contribution in [-0.4, -0.2) is 61.1 Å². The standard InChI is InChI=1S/C14H21NO9/c1-6(16)20-5-10-11(21-7(2)17)12(22-8(3)18)13(14(15)24-10)23-9(4)19/h10-14H,5,15H2,1-4H3/t10-,11+,12+,13-,14-/m0/s1. The van der Waals surface area contributed by atoms with E-state index in [9.17, 15) is 19.2 Å². The fourth-order valence-electron chi connectivity index (χ4n) is 2.26.